The van der Waals surface area contributed by atoms with Crippen LogP contribution in [-0.2, 0) is 4.79 Å². The van der Waals surface area contributed by atoms with Gasteiger partial charge in [-0.1, -0.05) is 19.4 Å². The van der Waals surface area contributed by atoms with Crippen molar-refractivity contribution < 1.29 is 14.3 Å². The molecule has 26 heavy (non-hydrogen) atoms. The van der Waals surface area contributed by atoms with Gasteiger partial charge < -0.3 is 20.5 Å². The number of nitrogen functional groups attached to an aromatic ring is 1. The van der Waals surface area contributed by atoms with E-state index >= 15 is 0 Å². The number of carbonyl (C=O) groups excluding carboxylic acids is 1. The molecule has 2 aromatic rings. The number of benzene rings is 1. The molecule has 136 valence electrons. The van der Waals surface area contributed by atoms with E-state index < -0.39 is 0 Å². The van der Waals surface area contributed by atoms with Crippen LogP contribution in [0.3, 0.4) is 0 Å². The number of fused-ring (bicyclic) bond motifs is 1. The highest BCUT2D eigenvalue weighted by Gasteiger charge is 2.15. The smallest absolute Gasteiger partial charge is 0.244 e. The fourth-order valence-electron chi connectivity index (χ4n) is 2.89. The summed E-state index contributed by atoms with van der Waals surface area (Å²) in [6, 6.07) is 9.16. The number of nitrogens with two attached hydrogens (primary N) is 1. The molecule has 6 nitrogen and oxygen atoms in total. The number of hydrogen-bond acceptors (Lipinski definition) is 5. The minimum absolute atomic E-state index is 0.170. The molecule has 6 heteroatoms. The van der Waals surface area contributed by atoms with E-state index in [9.17, 15) is 4.79 Å². The minimum atomic E-state index is -0.178. The van der Waals surface area contributed by atoms with E-state index in [2.05, 4.69) is 17.2 Å². The molecule has 3 rings (SSSR count). The molecule has 3 N–H and O–H groups in total. The van der Waals surface area contributed by atoms with E-state index in [0.29, 0.717) is 11.6 Å². The van der Waals surface area contributed by atoms with Gasteiger partial charge in [-0.25, -0.2) is 4.98 Å². The highest BCUT2D eigenvalue weighted by Crippen LogP contribution is 2.32. The first-order valence-corrected chi connectivity index (χ1v) is 8.67. The first-order chi connectivity index (χ1) is 12.5. The van der Waals surface area contributed by atoms with Gasteiger partial charge in [-0.2, -0.15) is 0 Å². The van der Waals surface area contributed by atoms with Crippen molar-refractivity contribution in [3.05, 3.63) is 53.2 Å². The van der Waals surface area contributed by atoms with E-state index in [1.54, 1.807) is 6.08 Å². The Hall–Kier alpha value is -3.02. The van der Waals surface area contributed by atoms with Crippen LogP contribution in [0.15, 0.2) is 36.4 Å². The van der Waals surface area contributed by atoms with Gasteiger partial charge in [0.2, 0.25) is 12.7 Å². The lowest BCUT2D eigenvalue weighted by Gasteiger charge is -2.17. The zero-order valence-corrected chi connectivity index (χ0v) is 15.0. The number of aromatic nitrogens is 1. The molecule has 0 spiro atoms. The van der Waals surface area contributed by atoms with Crippen molar-refractivity contribution in [2.45, 2.75) is 32.7 Å². The van der Waals surface area contributed by atoms with E-state index in [1.807, 2.05) is 37.3 Å². The van der Waals surface area contributed by atoms with Crippen LogP contribution < -0.4 is 20.5 Å². The van der Waals surface area contributed by atoms with Gasteiger partial charge in [0.05, 0.1) is 11.7 Å². The number of nitrogens with one attached hydrogen (secondary N) is 1. The van der Waals surface area contributed by atoms with Gasteiger partial charge in [-0.15, -0.1) is 0 Å². The summed E-state index contributed by atoms with van der Waals surface area (Å²) in [7, 11) is 0. The van der Waals surface area contributed by atoms with Crippen molar-refractivity contribution in [1.82, 2.24) is 10.3 Å². The average molecular weight is 353 g/mol. The van der Waals surface area contributed by atoms with Crippen LogP contribution in [0.25, 0.3) is 6.08 Å². The van der Waals surface area contributed by atoms with Crippen molar-refractivity contribution in [1.29, 1.82) is 0 Å². The lowest BCUT2D eigenvalue weighted by molar-refractivity contribution is -0.117. The second-order valence-corrected chi connectivity index (χ2v) is 6.29. The summed E-state index contributed by atoms with van der Waals surface area (Å²) in [5.41, 5.74) is 8.53. The number of amides is 1. The zero-order valence-electron chi connectivity index (χ0n) is 15.0. The predicted molar refractivity (Wildman–Crippen MR) is 101 cm³/mol. The second kappa shape index (κ2) is 7.91. The molecule has 0 aliphatic carbocycles. The van der Waals surface area contributed by atoms with Gasteiger partial charge in [0, 0.05) is 6.08 Å². The van der Waals surface area contributed by atoms with Crippen molar-refractivity contribution in [2.24, 2.45) is 0 Å². The maximum absolute atomic E-state index is 12.4. The fraction of sp³-hybridized carbons (Fsp3) is 0.300. The lowest BCUT2D eigenvalue weighted by atomic mass is 10.1. The molecule has 1 aliphatic heterocycles. The number of carbonyl (C=O) groups is 1. The van der Waals surface area contributed by atoms with Gasteiger partial charge in [0.1, 0.15) is 5.82 Å². The topological polar surface area (TPSA) is 86.5 Å². The quantitative estimate of drug-likeness (QED) is 0.778. The average Bonchev–Trinajstić information content (AvgIpc) is 3.06. The Balaban J connectivity index is 1.69. The van der Waals surface area contributed by atoms with Gasteiger partial charge >= 0.3 is 0 Å². The van der Waals surface area contributed by atoms with E-state index in [0.717, 1.165) is 35.4 Å². The standard InChI is InChI=1S/C20H23N3O3/c1-3-4-15(16-9-13(2)10-19(21)22-16)23-20(24)8-6-14-5-7-17-18(11-14)26-12-25-17/h5-11,15H,3-4,12H2,1-2H3,(H2,21,22)(H,23,24). The Morgan fingerprint density at radius 2 is 2.12 bits per heavy atom. The number of nitrogens with zero attached hydrogens (tertiary/aromatic N) is 1. The third-order valence-electron chi connectivity index (χ3n) is 4.08. The van der Waals surface area contributed by atoms with Crippen LogP contribution in [0.1, 0.15) is 42.6 Å². The van der Waals surface area contributed by atoms with Crippen LogP contribution in [0.5, 0.6) is 11.5 Å². The normalized spacial score (nSPS) is 13.8. The Morgan fingerprint density at radius 3 is 2.88 bits per heavy atom. The maximum atomic E-state index is 12.4. The van der Waals surface area contributed by atoms with Gasteiger partial charge in [-0.05, 0) is 54.8 Å². The monoisotopic (exact) mass is 353 g/mol. The molecule has 1 aromatic carbocycles. The minimum Gasteiger partial charge on any atom is -0.454 e. The van der Waals surface area contributed by atoms with Crippen molar-refractivity contribution in [2.75, 3.05) is 12.5 Å². The molecule has 1 amide bonds. The Morgan fingerprint density at radius 1 is 1.31 bits per heavy atom. The molecule has 0 fully saturated rings. The molecule has 0 radical (unpaired) electrons. The first kappa shape index (κ1) is 17.8. The summed E-state index contributed by atoms with van der Waals surface area (Å²) >= 11 is 0. The van der Waals surface area contributed by atoms with Crippen molar-refractivity contribution in [3.8, 4) is 11.5 Å². The number of ether oxygens (including phenoxy) is 2. The van der Waals surface area contributed by atoms with Crippen LogP contribution in [0.4, 0.5) is 5.82 Å². The second-order valence-electron chi connectivity index (χ2n) is 6.29. The Kier molecular flexibility index (Phi) is 5.41. The summed E-state index contributed by atoms with van der Waals surface area (Å²) in [4.78, 5) is 16.7. The van der Waals surface area contributed by atoms with Crippen LogP contribution >= 0.6 is 0 Å². The molecule has 1 atom stereocenters. The van der Waals surface area contributed by atoms with Crippen LogP contribution in [0.2, 0.25) is 0 Å². The number of hydrogen-bond donors (Lipinski definition) is 2. The number of rotatable bonds is 6. The summed E-state index contributed by atoms with van der Waals surface area (Å²) in [5, 5.41) is 3.01. The molecule has 0 saturated carbocycles. The Bertz CT molecular complexity index is 813. The van der Waals surface area contributed by atoms with Gasteiger partial charge in [0.15, 0.2) is 11.5 Å². The van der Waals surface area contributed by atoms with E-state index in [-0.39, 0.29) is 18.7 Å². The number of aryl methyl sites for hydroxylation is 1. The Labute approximate surface area is 153 Å². The first-order valence-electron chi connectivity index (χ1n) is 8.67. The van der Waals surface area contributed by atoms with Crippen LogP contribution in [0, 0.1) is 6.92 Å². The van der Waals surface area contributed by atoms with Crippen LogP contribution in [-0.4, -0.2) is 17.7 Å². The molecular weight excluding hydrogens is 330 g/mol. The largest absolute Gasteiger partial charge is 0.454 e. The molecule has 0 bridgehead atoms. The maximum Gasteiger partial charge on any atom is 0.244 e. The van der Waals surface area contributed by atoms with Gasteiger partial charge in [0.25, 0.3) is 0 Å². The summed E-state index contributed by atoms with van der Waals surface area (Å²) in [5.74, 6) is 1.70. The summed E-state index contributed by atoms with van der Waals surface area (Å²) in [6.45, 7) is 4.26. The van der Waals surface area contributed by atoms with Crippen molar-refractivity contribution >= 4 is 17.8 Å². The molecular formula is C20H23N3O3. The number of pyridine rings is 1. The van der Waals surface area contributed by atoms with Crippen molar-refractivity contribution in [3.63, 3.8) is 0 Å². The SMILES string of the molecule is CCCC(NC(=O)C=Cc1ccc2c(c1)OCO2)c1cc(C)cc(N)n1. The summed E-state index contributed by atoms with van der Waals surface area (Å²) in [6.07, 6.45) is 4.98. The third-order valence-corrected chi connectivity index (χ3v) is 4.08. The molecule has 1 aromatic heterocycles. The predicted octanol–water partition coefficient (Wildman–Crippen LogP) is 3.37. The zero-order chi connectivity index (χ0) is 18.5. The molecule has 0 saturated heterocycles. The molecule has 2 heterocycles. The van der Waals surface area contributed by atoms with E-state index in [1.165, 1.54) is 6.08 Å². The summed E-state index contributed by atoms with van der Waals surface area (Å²) < 4.78 is 10.6. The highest BCUT2D eigenvalue weighted by molar-refractivity contribution is 5.92. The van der Waals surface area contributed by atoms with Gasteiger partial charge in [-0.3, -0.25) is 4.79 Å². The van der Waals surface area contributed by atoms with E-state index in [4.69, 9.17) is 15.2 Å². The molecule has 1 unspecified atom stereocenters. The molecule has 1 aliphatic rings. The highest BCUT2D eigenvalue weighted by atomic mass is 16.7. The lowest BCUT2D eigenvalue weighted by Crippen LogP contribution is -2.27. The third kappa shape index (κ3) is 4.33. The number of anilines is 1. The fourth-order valence-corrected chi connectivity index (χ4v) is 2.89.